The maximum atomic E-state index is 11.6. The van der Waals surface area contributed by atoms with E-state index in [1.165, 1.54) is 0 Å². The number of esters is 1. The number of nitrogens with zero attached hydrogens (tertiary/aromatic N) is 1. The first-order chi connectivity index (χ1) is 8.63. The van der Waals surface area contributed by atoms with E-state index in [1.54, 1.807) is 0 Å². The van der Waals surface area contributed by atoms with Crippen LogP contribution in [0.4, 0.5) is 0 Å². The fourth-order valence-corrected chi connectivity index (χ4v) is 1.59. The molecule has 0 aliphatic rings. The van der Waals surface area contributed by atoms with Crippen molar-refractivity contribution in [1.29, 1.82) is 0 Å². The van der Waals surface area contributed by atoms with Crippen LogP contribution in [0.15, 0.2) is 18.3 Å². The standard InChI is InChI=1S/C14H24N2O2/c1-4-5-9-18-14(17)11-16-8-6-7-13(16)10-15-12(2)3/h6-8,12,15H,4-5,9-11H2,1-3H3. The van der Waals surface area contributed by atoms with Crippen LogP contribution in [0.1, 0.15) is 39.3 Å². The van der Waals surface area contributed by atoms with E-state index in [9.17, 15) is 4.79 Å². The third-order valence-electron chi connectivity index (χ3n) is 2.68. The van der Waals surface area contributed by atoms with Crippen molar-refractivity contribution in [3.05, 3.63) is 24.0 Å². The van der Waals surface area contributed by atoms with Gasteiger partial charge in [0.15, 0.2) is 0 Å². The Kier molecular flexibility index (Phi) is 6.50. The summed E-state index contributed by atoms with van der Waals surface area (Å²) in [5.74, 6) is -0.162. The second-order valence-corrected chi connectivity index (χ2v) is 4.74. The summed E-state index contributed by atoms with van der Waals surface area (Å²) in [6.07, 6.45) is 3.89. The number of hydrogen-bond acceptors (Lipinski definition) is 3. The van der Waals surface area contributed by atoms with Crippen molar-refractivity contribution in [2.75, 3.05) is 6.61 Å². The molecule has 1 heterocycles. The minimum Gasteiger partial charge on any atom is -0.464 e. The first-order valence-electron chi connectivity index (χ1n) is 6.66. The molecule has 1 rings (SSSR count). The fraction of sp³-hybridized carbons (Fsp3) is 0.643. The molecule has 0 aliphatic heterocycles. The van der Waals surface area contributed by atoms with E-state index >= 15 is 0 Å². The van der Waals surface area contributed by atoms with E-state index in [0.717, 1.165) is 25.1 Å². The molecule has 0 amide bonds. The van der Waals surface area contributed by atoms with Crippen LogP contribution in [0.2, 0.25) is 0 Å². The summed E-state index contributed by atoms with van der Waals surface area (Å²) >= 11 is 0. The lowest BCUT2D eigenvalue weighted by atomic mass is 10.3. The molecule has 0 saturated heterocycles. The summed E-state index contributed by atoms with van der Waals surface area (Å²) in [5, 5.41) is 3.34. The van der Waals surface area contributed by atoms with Crippen molar-refractivity contribution in [2.24, 2.45) is 0 Å². The van der Waals surface area contributed by atoms with Crippen molar-refractivity contribution >= 4 is 5.97 Å². The molecule has 1 aromatic heterocycles. The molecule has 0 spiro atoms. The van der Waals surface area contributed by atoms with Gasteiger partial charge in [0.1, 0.15) is 6.54 Å². The van der Waals surface area contributed by atoms with Crippen molar-refractivity contribution in [2.45, 2.75) is 52.7 Å². The van der Waals surface area contributed by atoms with Crippen LogP contribution in [-0.4, -0.2) is 23.2 Å². The maximum Gasteiger partial charge on any atom is 0.325 e. The van der Waals surface area contributed by atoms with Crippen LogP contribution < -0.4 is 5.32 Å². The van der Waals surface area contributed by atoms with Crippen molar-refractivity contribution in [1.82, 2.24) is 9.88 Å². The van der Waals surface area contributed by atoms with Crippen LogP contribution in [0.5, 0.6) is 0 Å². The molecule has 0 unspecified atom stereocenters. The van der Waals surface area contributed by atoms with E-state index in [4.69, 9.17) is 4.74 Å². The van der Waals surface area contributed by atoms with Gasteiger partial charge in [-0.25, -0.2) is 0 Å². The third-order valence-corrected chi connectivity index (χ3v) is 2.68. The first-order valence-corrected chi connectivity index (χ1v) is 6.66. The average molecular weight is 252 g/mol. The Labute approximate surface area is 109 Å². The molecular formula is C14H24N2O2. The highest BCUT2D eigenvalue weighted by molar-refractivity contribution is 5.69. The molecule has 102 valence electrons. The van der Waals surface area contributed by atoms with E-state index < -0.39 is 0 Å². The molecule has 0 fully saturated rings. The summed E-state index contributed by atoms with van der Waals surface area (Å²) in [7, 11) is 0. The van der Waals surface area contributed by atoms with Gasteiger partial charge in [0, 0.05) is 24.5 Å². The quantitative estimate of drug-likeness (QED) is 0.570. The fourth-order valence-electron chi connectivity index (χ4n) is 1.59. The van der Waals surface area contributed by atoms with Gasteiger partial charge in [-0.3, -0.25) is 4.79 Å². The van der Waals surface area contributed by atoms with Crippen molar-refractivity contribution in [3.63, 3.8) is 0 Å². The molecule has 0 atom stereocenters. The Bertz CT molecular complexity index is 358. The highest BCUT2D eigenvalue weighted by atomic mass is 16.5. The molecular weight excluding hydrogens is 228 g/mol. The lowest BCUT2D eigenvalue weighted by Crippen LogP contribution is -2.24. The molecule has 0 aliphatic carbocycles. The first kappa shape index (κ1) is 14.8. The topological polar surface area (TPSA) is 43.3 Å². The van der Waals surface area contributed by atoms with Gasteiger partial charge in [0.2, 0.25) is 0 Å². The second kappa shape index (κ2) is 7.93. The Morgan fingerprint density at radius 2 is 2.28 bits per heavy atom. The highest BCUT2D eigenvalue weighted by Gasteiger charge is 2.07. The largest absolute Gasteiger partial charge is 0.464 e. The predicted octanol–water partition coefficient (Wildman–Crippen LogP) is 2.33. The average Bonchev–Trinajstić information content (AvgIpc) is 2.74. The Hall–Kier alpha value is -1.29. The molecule has 0 aromatic carbocycles. The summed E-state index contributed by atoms with van der Waals surface area (Å²) in [6, 6.07) is 4.41. The Morgan fingerprint density at radius 3 is 2.94 bits per heavy atom. The lowest BCUT2D eigenvalue weighted by Gasteiger charge is -2.11. The number of ether oxygens (including phenoxy) is 1. The second-order valence-electron chi connectivity index (χ2n) is 4.74. The highest BCUT2D eigenvalue weighted by Crippen LogP contribution is 2.03. The molecule has 4 nitrogen and oxygen atoms in total. The van der Waals surface area contributed by atoms with Gasteiger partial charge in [-0.15, -0.1) is 0 Å². The van der Waals surface area contributed by atoms with Crippen LogP contribution in [0, 0.1) is 0 Å². The van der Waals surface area contributed by atoms with Gasteiger partial charge >= 0.3 is 5.97 Å². The lowest BCUT2D eigenvalue weighted by molar-refractivity contribution is -0.144. The van der Waals surface area contributed by atoms with Gasteiger partial charge < -0.3 is 14.6 Å². The predicted molar refractivity (Wildman–Crippen MR) is 72.3 cm³/mol. The zero-order valence-electron chi connectivity index (χ0n) is 11.6. The molecule has 1 N–H and O–H groups in total. The van der Waals surface area contributed by atoms with Crippen LogP contribution in [0.3, 0.4) is 0 Å². The smallest absolute Gasteiger partial charge is 0.325 e. The zero-order valence-corrected chi connectivity index (χ0v) is 11.6. The number of carbonyl (C=O) groups is 1. The normalized spacial score (nSPS) is 10.9. The van der Waals surface area contributed by atoms with Gasteiger partial charge in [-0.1, -0.05) is 27.2 Å². The maximum absolute atomic E-state index is 11.6. The summed E-state index contributed by atoms with van der Waals surface area (Å²) in [5.41, 5.74) is 1.11. The molecule has 0 radical (unpaired) electrons. The van der Waals surface area contributed by atoms with Crippen LogP contribution in [0.25, 0.3) is 0 Å². The van der Waals surface area contributed by atoms with Gasteiger partial charge in [-0.2, -0.15) is 0 Å². The number of carbonyl (C=O) groups excluding carboxylic acids is 1. The minimum absolute atomic E-state index is 0.162. The number of rotatable bonds is 8. The number of aromatic nitrogens is 1. The van der Waals surface area contributed by atoms with Crippen LogP contribution >= 0.6 is 0 Å². The Balaban J connectivity index is 2.41. The molecule has 4 heteroatoms. The summed E-state index contributed by atoms with van der Waals surface area (Å²) in [4.78, 5) is 11.6. The summed E-state index contributed by atoms with van der Waals surface area (Å²) < 4.78 is 7.09. The van der Waals surface area contributed by atoms with E-state index in [1.807, 2.05) is 22.9 Å². The molecule has 0 saturated carbocycles. The van der Waals surface area contributed by atoms with E-state index in [-0.39, 0.29) is 5.97 Å². The summed E-state index contributed by atoms with van der Waals surface area (Å²) in [6.45, 7) is 7.88. The number of nitrogens with one attached hydrogen (secondary N) is 1. The van der Waals surface area contributed by atoms with Crippen molar-refractivity contribution < 1.29 is 9.53 Å². The van der Waals surface area contributed by atoms with E-state index in [2.05, 4.69) is 26.1 Å². The third kappa shape index (κ3) is 5.36. The van der Waals surface area contributed by atoms with Gasteiger partial charge in [0.25, 0.3) is 0 Å². The van der Waals surface area contributed by atoms with Gasteiger partial charge in [0.05, 0.1) is 6.61 Å². The van der Waals surface area contributed by atoms with Gasteiger partial charge in [-0.05, 0) is 18.6 Å². The van der Waals surface area contributed by atoms with E-state index in [0.29, 0.717) is 19.2 Å². The molecule has 18 heavy (non-hydrogen) atoms. The number of unbranched alkanes of at least 4 members (excludes halogenated alkanes) is 1. The minimum atomic E-state index is -0.162. The number of hydrogen-bond donors (Lipinski definition) is 1. The zero-order chi connectivity index (χ0) is 13.4. The molecule has 0 bridgehead atoms. The Morgan fingerprint density at radius 1 is 1.50 bits per heavy atom. The monoisotopic (exact) mass is 252 g/mol. The SMILES string of the molecule is CCCCOC(=O)Cn1cccc1CNC(C)C. The van der Waals surface area contributed by atoms with Crippen LogP contribution in [-0.2, 0) is 22.6 Å². The molecule has 1 aromatic rings. The van der Waals surface area contributed by atoms with Crippen molar-refractivity contribution in [3.8, 4) is 0 Å².